The summed E-state index contributed by atoms with van der Waals surface area (Å²) in [5, 5.41) is 7.29. The number of halogens is 1. The number of hydrogen-bond acceptors (Lipinski definition) is 5. The van der Waals surface area contributed by atoms with E-state index in [2.05, 4.69) is 10.4 Å². The zero-order chi connectivity index (χ0) is 18.5. The van der Waals surface area contributed by atoms with Crippen LogP contribution in [0, 0.1) is 12.7 Å². The second-order valence-corrected chi connectivity index (χ2v) is 9.96. The summed E-state index contributed by atoms with van der Waals surface area (Å²) in [5.41, 5.74) is 2.49. The first-order valence-corrected chi connectivity index (χ1v) is 11.2. The fourth-order valence-corrected chi connectivity index (χ4v) is 6.42. The first kappa shape index (κ1) is 17.5. The Morgan fingerprint density at radius 2 is 2.04 bits per heavy atom. The number of amides is 1. The number of carbonyl (C=O) groups is 1. The van der Waals surface area contributed by atoms with E-state index >= 15 is 0 Å². The summed E-state index contributed by atoms with van der Waals surface area (Å²) in [6.45, 7) is 1.85. The van der Waals surface area contributed by atoms with Crippen molar-refractivity contribution < 1.29 is 17.6 Å². The average Bonchev–Trinajstić information content (AvgIpc) is 3.03. The maximum Gasteiger partial charge on any atom is 0.235 e. The molecule has 1 aromatic carbocycles. The van der Waals surface area contributed by atoms with Gasteiger partial charge in [-0.3, -0.25) is 4.79 Å². The number of benzene rings is 1. The summed E-state index contributed by atoms with van der Waals surface area (Å²) >= 11 is 1.46. The summed E-state index contributed by atoms with van der Waals surface area (Å²) in [5.74, 6) is 0.529. The largest absolute Gasteiger partial charge is 0.310 e. The minimum atomic E-state index is -3.07. The van der Waals surface area contributed by atoms with Gasteiger partial charge in [-0.25, -0.2) is 17.5 Å². The van der Waals surface area contributed by atoms with Crippen molar-refractivity contribution in [1.82, 2.24) is 9.78 Å². The number of fused-ring (bicyclic) bond motifs is 1. The van der Waals surface area contributed by atoms with Crippen LogP contribution in [0.1, 0.15) is 34.5 Å². The highest BCUT2D eigenvalue weighted by Crippen LogP contribution is 2.44. The lowest BCUT2D eigenvalue weighted by Gasteiger charge is -2.16. The fourth-order valence-electron chi connectivity index (χ4n) is 3.54. The lowest BCUT2D eigenvalue weighted by Crippen LogP contribution is -2.20. The Balaban J connectivity index is 1.81. The quantitative estimate of drug-likeness (QED) is 0.845. The molecule has 1 aromatic heterocycles. The van der Waals surface area contributed by atoms with Crippen molar-refractivity contribution in [3.63, 3.8) is 0 Å². The zero-order valence-corrected chi connectivity index (χ0v) is 15.7. The van der Waals surface area contributed by atoms with Crippen LogP contribution in [0.25, 0.3) is 0 Å². The normalized spacial score (nSPS) is 24.8. The molecular weight excluding hydrogens is 377 g/mol. The Bertz CT molecular complexity index is 970. The van der Waals surface area contributed by atoms with E-state index in [1.54, 1.807) is 16.8 Å². The van der Waals surface area contributed by atoms with Gasteiger partial charge in [0.15, 0.2) is 9.84 Å². The van der Waals surface area contributed by atoms with Crippen LogP contribution in [-0.2, 0) is 14.6 Å². The van der Waals surface area contributed by atoms with Crippen molar-refractivity contribution in [3.05, 3.63) is 46.9 Å². The molecule has 0 unspecified atom stereocenters. The monoisotopic (exact) mass is 395 g/mol. The van der Waals surface area contributed by atoms with Crippen molar-refractivity contribution in [3.8, 4) is 0 Å². The summed E-state index contributed by atoms with van der Waals surface area (Å²) < 4.78 is 38.7. The molecule has 2 atom stereocenters. The first-order valence-electron chi connectivity index (χ1n) is 8.30. The van der Waals surface area contributed by atoms with Crippen molar-refractivity contribution >= 4 is 33.3 Å². The topological polar surface area (TPSA) is 81.1 Å². The number of sulfone groups is 1. The molecule has 2 aromatic rings. The van der Waals surface area contributed by atoms with E-state index < -0.39 is 9.84 Å². The summed E-state index contributed by atoms with van der Waals surface area (Å²) in [4.78, 5) is 12.2. The number of anilines is 1. The molecule has 0 aliphatic carbocycles. The van der Waals surface area contributed by atoms with Gasteiger partial charge in [-0.2, -0.15) is 5.10 Å². The summed E-state index contributed by atoms with van der Waals surface area (Å²) in [7, 11) is -3.07. The van der Waals surface area contributed by atoms with Gasteiger partial charge in [-0.05, 0) is 31.0 Å². The minimum Gasteiger partial charge on any atom is -0.310 e. The van der Waals surface area contributed by atoms with Crippen LogP contribution in [0.2, 0.25) is 0 Å². The SMILES string of the molecule is Cc1nn([C@H]2CCS(=O)(=O)C2)c2c1[C@@H](c1ccc(F)cc1)SCC(=O)N2. The number of thioether (sulfide) groups is 1. The van der Waals surface area contributed by atoms with Crippen molar-refractivity contribution in [2.24, 2.45) is 0 Å². The molecule has 26 heavy (non-hydrogen) atoms. The molecule has 1 saturated heterocycles. The molecular formula is C17H18FN3O3S2. The predicted octanol–water partition coefficient (Wildman–Crippen LogP) is 2.46. The smallest absolute Gasteiger partial charge is 0.235 e. The first-order chi connectivity index (χ1) is 12.3. The Kier molecular flexibility index (Phi) is 4.31. The molecule has 3 heterocycles. The van der Waals surface area contributed by atoms with E-state index in [9.17, 15) is 17.6 Å². The molecule has 0 saturated carbocycles. The van der Waals surface area contributed by atoms with E-state index in [0.717, 1.165) is 16.8 Å². The van der Waals surface area contributed by atoms with Crippen LogP contribution in [0.3, 0.4) is 0 Å². The number of hydrogen-bond donors (Lipinski definition) is 1. The number of nitrogens with zero attached hydrogens (tertiary/aromatic N) is 2. The van der Waals surface area contributed by atoms with Crippen LogP contribution < -0.4 is 5.32 Å². The Hall–Kier alpha value is -1.87. The van der Waals surface area contributed by atoms with Crippen LogP contribution >= 0.6 is 11.8 Å². The van der Waals surface area contributed by atoms with Gasteiger partial charge in [0.1, 0.15) is 11.6 Å². The molecule has 0 bridgehead atoms. The van der Waals surface area contributed by atoms with Crippen LogP contribution in [0.5, 0.6) is 0 Å². The average molecular weight is 395 g/mol. The molecule has 9 heteroatoms. The number of aryl methyl sites for hydroxylation is 1. The maximum absolute atomic E-state index is 13.3. The van der Waals surface area contributed by atoms with Gasteiger partial charge in [0, 0.05) is 5.56 Å². The van der Waals surface area contributed by atoms with E-state index in [-0.39, 0.29) is 40.3 Å². The van der Waals surface area contributed by atoms with Gasteiger partial charge >= 0.3 is 0 Å². The third-order valence-electron chi connectivity index (χ3n) is 4.76. The van der Waals surface area contributed by atoms with Crippen molar-refractivity contribution in [2.75, 3.05) is 22.6 Å². The van der Waals surface area contributed by atoms with Gasteiger partial charge < -0.3 is 5.32 Å². The van der Waals surface area contributed by atoms with E-state index in [4.69, 9.17) is 0 Å². The highest BCUT2D eigenvalue weighted by Gasteiger charge is 2.36. The molecule has 138 valence electrons. The number of aromatic nitrogens is 2. The van der Waals surface area contributed by atoms with Gasteiger partial charge in [0.25, 0.3) is 0 Å². The number of carbonyl (C=O) groups excluding carboxylic acids is 1. The lowest BCUT2D eigenvalue weighted by molar-refractivity contribution is -0.113. The molecule has 2 aliphatic rings. The number of nitrogens with one attached hydrogen (secondary N) is 1. The van der Waals surface area contributed by atoms with E-state index in [1.807, 2.05) is 6.92 Å². The van der Waals surface area contributed by atoms with Gasteiger partial charge in [0.2, 0.25) is 5.91 Å². The van der Waals surface area contributed by atoms with E-state index in [0.29, 0.717) is 12.2 Å². The second kappa shape index (κ2) is 6.38. The lowest BCUT2D eigenvalue weighted by atomic mass is 10.0. The minimum absolute atomic E-state index is 0.0325. The standard InChI is InChI=1S/C17H18FN3O3S2/c1-10-15-16(11-2-4-12(18)5-3-11)25-8-14(22)19-17(15)21(20-10)13-6-7-26(23,24)9-13/h2-5,13,16H,6-9H2,1H3,(H,19,22)/t13-,16+/m0/s1. The third kappa shape index (κ3) is 3.14. The van der Waals surface area contributed by atoms with Crippen molar-refractivity contribution in [2.45, 2.75) is 24.6 Å². The summed E-state index contributed by atoms with van der Waals surface area (Å²) in [6, 6.07) is 5.95. The molecule has 1 N–H and O–H groups in total. The molecule has 2 aliphatic heterocycles. The Morgan fingerprint density at radius 3 is 2.69 bits per heavy atom. The Labute approximate surface area is 155 Å². The predicted molar refractivity (Wildman–Crippen MR) is 98.6 cm³/mol. The van der Waals surface area contributed by atoms with Crippen LogP contribution in [0.15, 0.2) is 24.3 Å². The molecule has 0 spiro atoms. The molecule has 1 amide bonds. The molecule has 1 fully saturated rings. The van der Waals surface area contributed by atoms with Gasteiger partial charge in [-0.1, -0.05) is 12.1 Å². The van der Waals surface area contributed by atoms with E-state index in [1.165, 1.54) is 23.9 Å². The van der Waals surface area contributed by atoms with Crippen LogP contribution in [-0.4, -0.2) is 41.4 Å². The second-order valence-electron chi connectivity index (χ2n) is 6.64. The molecule has 4 rings (SSSR count). The Morgan fingerprint density at radius 1 is 1.31 bits per heavy atom. The highest BCUT2D eigenvalue weighted by atomic mass is 32.2. The highest BCUT2D eigenvalue weighted by molar-refractivity contribution is 8.00. The van der Waals surface area contributed by atoms with Crippen molar-refractivity contribution in [1.29, 1.82) is 0 Å². The zero-order valence-electron chi connectivity index (χ0n) is 14.1. The summed E-state index contributed by atoms with van der Waals surface area (Å²) in [6.07, 6.45) is 0.486. The van der Waals surface area contributed by atoms with Gasteiger partial charge in [-0.15, -0.1) is 11.8 Å². The molecule has 6 nitrogen and oxygen atoms in total. The fraction of sp³-hybridized carbons (Fsp3) is 0.412. The van der Waals surface area contributed by atoms with Gasteiger partial charge in [0.05, 0.1) is 34.2 Å². The molecule has 0 radical (unpaired) electrons. The number of rotatable bonds is 2. The third-order valence-corrected chi connectivity index (χ3v) is 7.78. The maximum atomic E-state index is 13.3. The van der Waals surface area contributed by atoms with Crippen LogP contribution in [0.4, 0.5) is 10.2 Å².